The van der Waals surface area contributed by atoms with Crippen LogP contribution in [0, 0.1) is 0 Å². The number of nitrogens with zero attached hydrogens (tertiary/aromatic N) is 4. The number of hydrogen-bond donors (Lipinski definition) is 1. The first kappa shape index (κ1) is 11.4. The van der Waals surface area contributed by atoms with Crippen LogP contribution in [0.15, 0.2) is 0 Å². The summed E-state index contributed by atoms with van der Waals surface area (Å²) in [5, 5.41) is 11.7. The summed E-state index contributed by atoms with van der Waals surface area (Å²) in [5.41, 5.74) is 0. The number of amides is 1. The molecule has 1 aromatic rings. The second-order valence-electron chi connectivity index (χ2n) is 2.67. The van der Waals surface area contributed by atoms with Gasteiger partial charge in [0.1, 0.15) is 6.54 Å². The van der Waals surface area contributed by atoms with Gasteiger partial charge in [-0.25, -0.2) is 0 Å². The standard InChI is InChI=1S/C6H8F3N5O/c1-2-14(3-6(7,8)9)5(15)4-10-12-13-11-4/h2-3H2,1H3,(H,10,11,12,13). The molecule has 0 saturated carbocycles. The van der Waals surface area contributed by atoms with Crippen molar-refractivity contribution in [3.8, 4) is 0 Å². The lowest BCUT2D eigenvalue weighted by molar-refractivity contribution is -0.140. The number of carbonyl (C=O) groups excluding carboxylic acids is 1. The molecule has 0 aliphatic heterocycles. The van der Waals surface area contributed by atoms with Gasteiger partial charge in [0.05, 0.1) is 0 Å². The summed E-state index contributed by atoms with van der Waals surface area (Å²) < 4.78 is 36.1. The number of halogens is 3. The molecule has 15 heavy (non-hydrogen) atoms. The maximum absolute atomic E-state index is 12.0. The summed E-state index contributed by atoms with van der Waals surface area (Å²) in [6.07, 6.45) is -4.44. The van der Waals surface area contributed by atoms with Crippen molar-refractivity contribution in [2.45, 2.75) is 13.1 Å². The topological polar surface area (TPSA) is 74.8 Å². The van der Waals surface area contributed by atoms with Gasteiger partial charge in [-0.1, -0.05) is 0 Å². The van der Waals surface area contributed by atoms with E-state index in [1.165, 1.54) is 6.92 Å². The number of alkyl halides is 3. The van der Waals surface area contributed by atoms with Crippen LogP contribution in [0.25, 0.3) is 0 Å². The summed E-state index contributed by atoms with van der Waals surface area (Å²) in [5.74, 6) is -1.27. The Morgan fingerprint density at radius 1 is 1.53 bits per heavy atom. The van der Waals surface area contributed by atoms with Crippen LogP contribution in [0.4, 0.5) is 13.2 Å². The van der Waals surface area contributed by atoms with Crippen molar-refractivity contribution < 1.29 is 18.0 Å². The van der Waals surface area contributed by atoms with Crippen LogP contribution in [0.2, 0.25) is 0 Å². The van der Waals surface area contributed by atoms with Gasteiger partial charge >= 0.3 is 6.18 Å². The Kier molecular flexibility index (Phi) is 3.22. The van der Waals surface area contributed by atoms with Crippen molar-refractivity contribution in [1.29, 1.82) is 0 Å². The molecule has 0 bridgehead atoms. The zero-order chi connectivity index (χ0) is 11.5. The number of tetrazole rings is 1. The highest BCUT2D eigenvalue weighted by Crippen LogP contribution is 2.16. The zero-order valence-corrected chi connectivity index (χ0v) is 7.75. The lowest BCUT2D eigenvalue weighted by Gasteiger charge is -2.20. The smallest absolute Gasteiger partial charge is 0.327 e. The van der Waals surface area contributed by atoms with Crippen molar-refractivity contribution in [2.75, 3.05) is 13.1 Å². The molecule has 6 nitrogen and oxygen atoms in total. The van der Waals surface area contributed by atoms with E-state index in [2.05, 4.69) is 15.4 Å². The van der Waals surface area contributed by atoms with Gasteiger partial charge in [-0.3, -0.25) is 4.79 Å². The third kappa shape index (κ3) is 3.18. The Morgan fingerprint density at radius 3 is 2.60 bits per heavy atom. The van der Waals surface area contributed by atoms with Gasteiger partial charge in [0, 0.05) is 6.54 Å². The zero-order valence-electron chi connectivity index (χ0n) is 7.75. The molecule has 0 aliphatic rings. The van der Waals surface area contributed by atoms with Crippen LogP contribution in [0.5, 0.6) is 0 Å². The molecule has 1 N–H and O–H groups in total. The summed E-state index contributed by atoms with van der Waals surface area (Å²) in [4.78, 5) is 11.9. The Bertz CT molecular complexity index is 322. The van der Waals surface area contributed by atoms with E-state index >= 15 is 0 Å². The van der Waals surface area contributed by atoms with Crippen LogP contribution in [-0.4, -0.2) is 50.7 Å². The van der Waals surface area contributed by atoms with E-state index in [1.54, 1.807) is 0 Å². The molecule has 1 aromatic heterocycles. The minimum atomic E-state index is -4.44. The maximum Gasteiger partial charge on any atom is 0.406 e. The first-order valence-corrected chi connectivity index (χ1v) is 4.03. The molecule has 0 fully saturated rings. The predicted molar refractivity (Wildman–Crippen MR) is 41.8 cm³/mol. The number of aromatic amines is 1. The molecule has 1 heterocycles. The second kappa shape index (κ2) is 4.24. The number of hydrogen-bond acceptors (Lipinski definition) is 4. The van der Waals surface area contributed by atoms with Gasteiger partial charge in [-0.2, -0.15) is 18.4 Å². The number of H-pyrrole nitrogens is 1. The Morgan fingerprint density at radius 2 is 2.20 bits per heavy atom. The van der Waals surface area contributed by atoms with E-state index in [0.717, 1.165) is 0 Å². The minimum Gasteiger partial charge on any atom is -0.327 e. The van der Waals surface area contributed by atoms with Gasteiger partial charge in [0.2, 0.25) is 0 Å². The van der Waals surface area contributed by atoms with Gasteiger partial charge in [0.15, 0.2) is 0 Å². The molecule has 0 aliphatic carbocycles. The van der Waals surface area contributed by atoms with Crippen molar-refractivity contribution in [1.82, 2.24) is 25.5 Å². The fraction of sp³-hybridized carbons (Fsp3) is 0.667. The molecule has 0 aromatic carbocycles. The molecule has 0 radical (unpaired) electrons. The molecular formula is C6H8F3N5O. The fourth-order valence-corrected chi connectivity index (χ4v) is 0.937. The van der Waals surface area contributed by atoms with Crippen LogP contribution in [-0.2, 0) is 0 Å². The average molecular weight is 223 g/mol. The lowest BCUT2D eigenvalue weighted by atomic mass is 10.4. The molecule has 0 atom stereocenters. The number of carbonyl (C=O) groups is 1. The van der Waals surface area contributed by atoms with Crippen molar-refractivity contribution in [3.05, 3.63) is 5.82 Å². The summed E-state index contributed by atoms with van der Waals surface area (Å²) >= 11 is 0. The summed E-state index contributed by atoms with van der Waals surface area (Å²) in [7, 11) is 0. The van der Waals surface area contributed by atoms with Gasteiger partial charge in [-0.05, 0) is 12.1 Å². The maximum atomic E-state index is 12.0. The Hall–Kier alpha value is -1.67. The van der Waals surface area contributed by atoms with Gasteiger partial charge < -0.3 is 4.90 Å². The number of aromatic nitrogens is 4. The van der Waals surface area contributed by atoms with Crippen LogP contribution >= 0.6 is 0 Å². The predicted octanol–water partition coefficient (Wildman–Crippen LogP) is 0.224. The van der Waals surface area contributed by atoms with E-state index in [9.17, 15) is 18.0 Å². The molecule has 1 rings (SSSR count). The summed E-state index contributed by atoms with van der Waals surface area (Å²) in [6, 6.07) is 0. The monoisotopic (exact) mass is 223 g/mol. The van der Waals surface area contributed by atoms with Crippen LogP contribution in [0.3, 0.4) is 0 Å². The minimum absolute atomic E-state index is 0.0765. The van der Waals surface area contributed by atoms with E-state index in [0.29, 0.717) is 4.90 Å². The molecule has 1 amide bonds. The quantitative estimate of drug-likeness (QED) is 0.795. The third-order valence-corrected chi connectivity index (χ3v) is 1.58. The SMILES string of the molecule is CCN(CC(F)(F)F)C(=O)c1nn[nH]n1. The summed E-state index contributed by atoms with van der Waals surface area (Å²) in [6.45, 7) is 0.0352. The highest BCUT2D eigenvalue weighted by atomic mass is 19.4. The highest BCUT2D eigenvalue weighted by molar-refractivity contribution is 5.90. The van der Waals surface area contributed by atoms with Gasteiger partial charge in [-0.15, -0.1) is 10.2 Å². The Balaban J connectivity index is 2.72. The van der Waals surface area contributed by atoms with E-state index in [1.807, 2.05) is 5.21 Å². The molecular weight excluding hydrogens is 215 g/mol. The van der Waals surface area contributed by atoms with Crippen molar-refractivity contribution in [3.63, 3.8) is 0 Å². The highest BCUT2D eigenvalue weighted by Gasteiger charge is 2.33. The largest absolute Gasteiger partial charge is 0.406 e. The number of nitrogens with one attached hydrogen (secondary N) is 1. The average Bonchev–Trinajstić information content (AvgIpc) is 2.64. The van der Waals surface area contributed by atoms with Crippen molar-refractivity contribution >= 4 is 5.91 Å². The fourth-order valence-electron chi connectivity index (χ4n) is 0.937. The van der Waals surface area contributed by atoms with E-state index < -0.39 is 18.6 Å². The third-order valence-electron chi connectivity index (χ3n) is 1.58. The second-order valence-corrected chi connectivity index (χ2v) is 2.67. The normalized spacial score (nSPS) is 11.5. The molecule has 0 unspecified atom stereocenters. The van der Waals surface area contributed by atoms with E-state index in [4.69, 9.17) is 0 Å². The van der Waals surface area contributed by atoms with Crippen LogP contribution in [0.1, 0.15) is 17.5 Å². The molecule has 0 saturated heterocycles. The van der Waals surface area contributed by atoms with E-state index in [-0.39, 0.29) is 12.4 Å². The van der Waals surface area contributed by atoms with Gasteiger partial charge in [0.25, 0.3) is 11.7 Å². The molecule has 0 spiro atoms. The first-order chi connectivity index (χ1) is 6.94. The lowest BCUT2D eigenvalue weighted by Crippen LogP contribution is -2.39. The Labute approximate surface area is 82.4 Å². The van der Waals surface area contributed by atoms with Crippen LogP contribution < -0.4 is 0 Å². The molecule has 9 heteroatoms. The van der Waals surface area contributed by atoms with Crippen molar-refractivity contribution in [2.24, 2.45) is 0 Å². The first-order valence-electron chi connectivity index (χ1n) is 4.03. The number of rotatable bonds is 3. The molecule has 84 valence electrons.